The molecule has 0 amide bonds. The first-order chi connectivity index (χ1) is 9.38. The van der Waals surface area contributed by atoms with Crippen molar-refractivity contribution in [2.75, 3.05) is 0 Å². The SMILES string of the molecule is FC(F)C(F)(F)Oc1cccc(-c2cccc(Br)c2)c1. The van der Waals surface area contributed by atoms with E-state index in [1.54, 1.807) is 24.3 Å². The smallest absolute Gasteiger partial charge is 0.428 e. The topological polar surface area (TPSA) is 9.23 Å². The van der Waals surface area contributed by atoms with Gasteiger partial charge in [0.1, 0.15) is 5.75 Å². The number of rotatable bonds is 4. The summed E-state index contributed by atoms with van der Waals surface area (Å²) in [6.45, 7) is 0. The molecule has 0 saturated heterocycles. The van der Waals surface area contributed by atoms with Crippen LogP contribution in [0.4, 0.5) is 17.6 Å². The molecule has 0 N–H and O–H groups in total. The summed E-state index contributed by atoms with van der Waals surface area (Å²) in [7, 11) is 0. The molecule has 0 spiro atoms. The molecule has 0 bridgehead atoms. The van der Waals surface area contributed by atoms with Crippen LogP contribution in [0.15, 0.2) is 53.0 Å². The summed E-state index contributed by atoms with van der Waals surface area (Å²) in [6, 6.07) is 12.8. The Morgan fingerprint density at radius 1 is 0.950 bits per heavy atom. The molecule has 0 fully saturated rings. The van der Waals surface area contributed by atoms with Crippen LogP contribution in [0.3, 0.4) is 0 Å². The Morgan fingerprint density at radius 2 is 1.55 bits per heavy atom. The first-order valence-electron chi connectivity index (χ1n) is 5.59. The van der Waals surface area contributed by atoms with Crippen LogP contribution < -0.4 is 4.74 Å². The van der Waals surface area contributed by atoms with Gasteiger partial charge in [-0.05, 0) is 35.4 Å². The highest BCUT2D eigenvalue weighted by atomic mass is 79.9. The van der Waals surface area contributed by atoms with E-state index < -0.39 is 12.5 Å². The lowest BCUT2D eigenvalue weighted by molar-refractivity contribution is -0.253. The Hall–Kier alpha value is -1.56. The fraction of sp³-hybridized carbons (Fsp3) is 0.143. The quantitative estimate of drug-likeness (QED) is 0.676. The molecule has 0 unspecified atom stereocenters. The van der Waals surface area contributed by atoms with E-state index in [-0.39, 0.29) is 5.75 Å². The molecule has 1 nitrogen and oxygen atoms in total. The Bertz CT molecular complexity index is 601. The van der Waals surface area contributed by atoms with E-state index >= 15 is 0 Å². The maximum atomic E-state index is 12.9. The highest BCUT2D eigenvalue weighted by Crippen LogP contribution is 2.31. The van der Waals surface area contributed by atoms with Crippen LogP contribution in [0.1, 0.15) is 0 Å². The summed E-state index contributed by atoms with van der Waals surface area (Å²) < 4.78 is 54.8. The number of alkyl halides is 4. The third-order valence-corrected chi connectivity index (χ3v) is 2.99. The minimum absolute atomic E-state index is 0.312. The Balaban J connectivity index is 2.29. The number of hydrogen-bond acceptors (Lipinski definition) is 1. The summed E-state index contributed by atoms with van der Waals surface area (Å²) in [6.07, 6.45) is -8.38. The summed E-state index contributed by atoms with van der Waals surface area (Å²) in [4.78, 5) is 0. The highest BCUT2D eigenvalue weighted by Gasteiger charge is 2.43. The van der Waals surface area contributed by atoms with Crippen molar-refractivity contribution in [1.29, 1.82) is 0 Å². The summed E-state index contributed by atoms with van der Waals surface area (Å²) in [5.74, 6) is -0.312. The lowest BCUT2D eigenvalue weighted by Gasteiger charge is -2.17. The zero-order valence-electron chi connectivity index (χ0n) is 9.99. The van der Waals surface area contributed by atoms with Crippen molar-refractivity contribution in [3.05, 3.63) is 53.0 Å². The fourth-order valence-electron chi connectivity index (χ4n) is 1.61. The van der Waals surface area contributed by atoms with Crippen molar-refractivity contribution in [1.82, 2.24) is 0 Å². The monoisotopic (exact) mass is 348 g/mol. The van der Waals surface area contributed by atoms with Crippen LogP contribution >= 0.6 is 15.9 Å². The molecular formula is C14H9BrF4O. The standard InChI is InChI=1S/C14H9BrF4O/c15-11-5-1-3-9(7-11)10-4-2-6-12(8-10)20-14(18,19)13(16)17/h1-8,13H. The Labute approximate surface area is 121 Å². The first kappa shape index (κ1) is 14.8. The van der Waals surface area contributed by atoms with Crippen LogP contribution in [0.25, 0.3) is 11.1 Å². The average molecular weight is 349 g/mol. The summed E-state index contributed by atoms with van der Waals surface area (Å²) in [5.41, 5.74) is 1.35. The predicted octanol–water partition coefficient (Wildman–Crippen LogP) is 5.35. The fourth-order valence-corrected chi connectivity index (χ4v) is 2.01. The van der Waals surface area contributed by atoms with Gasteiger partial charge >= 0.3 is 12.5 Å². The number of benzene rings is 2. The third kappa shape index (κ3) is 3.50. The van der Waals surface area contributed by atoms with E-state index in [0.717, 1.165) is 10.0 Å². The molecule has 0 radical (unpaired) electrons. The summed E-state index contributed by atoms with van der Waals surface area (Å²) >= 11 is 3.30. The molecular weight excluding hydrogens is 340 g/mol. The van der Waals surface area contributed by atoms with Crippen molar-refractivity contribution in [2.45, 2.75) is 12.5 Å². The van der Waals surface area contributed by atoms with Gasteiger partial charge in [0.25, 0.3) is 0 Å². The van der Waals surface area contributed by atoms with E-state index in [4.69, 9.17) is 0 Å². The number of hydrogen-bond donors (Lipinski definition) is 0. The van der Waals surface area contributed by atoms with E-state index in [9.17, 15) is 17.6 Å². The van der Waals surface area contributed by atoms with Crippen LogP contribution in [-0.4, -0.2) is 12.5 Å². The molecule has 0 aliphatic rings. The van der Waals surface area contributed by atoms with Crippen molar-refractivity contribution in [3.8, 4) is 16.9 Å². The molecule has 20 heavy (non-hydrogen) atoms. The van der Waals surface area contributed by atoms with Gasteiger partial charge in [0.15, 0.2) is 0 Å². The molecule has 2 aromatic rings. The predicted molar refractivity (Wildman–Crippen MR) is 71.2 cm³/mol. The number of ether oxygens (including phenoxy) is 1. The maximum Gasteiger partial charge on any atom is 0.461 e. The molecule has 0 aliphatic heterocycles. The van der Waals surface area contributed by atoms with Gasteiger partial charge < -0.3 is 4.74 Å². The van der Waals surface area contributed by atoms with E-state index in [1.165, 1.54) is 18.2 Å². The molecule has 106 valence electrons. The molecule has 2 aromatic carbocycles. The van der Waals surface area contributed by atoms with E-state index in [1.807, 2.05) is 6.07 Å². The van der Waals surface area contributed by atoms with Gasteiger partial charge in [-0.1, -0.05) is 40.2 Å². The first-order valence-corrected chi connectivity index (χ1v) is 6.39. The van der Waals surface area contributed by atoms with E-state index in [2.05, 4.69) is 20.7 Å². The average Bonchev–Trinajstić information content (AvgIpc) is 2.38. The second-order valence-electron chi connectivity index (χ2n) is 4.00. The third-order valence-electron chi connectivity index (χ3n) is 2.50. The molecule has 0 heterocycles. The molecule has 0 atom stereocenters. The van der Waals surface area contributed by atoms with Gasteiger partial charge in [-0.15, -0.1) is 0 Å². The lowest BCUT2D eigenvalue weighted by Crippen LogP contribution is -2.33. The zero-order valence-corrected chi connectivity index (χ0v) is 11.6. The minimum Gasteiger partial charge on any atom is -0.428 e. The van der Waals surface area contributed by atoms with Crippen molar-refractivity contribution in [3.63, 3.8) is 0 Å². The normalized spacial score (nSPS) is 11.7. The van der Waals surface area contributed by atoms with Crippen LogP contribution in [0.5, 0.6) is 5.75 Å². The minimum atomic E-state index is -4.50. The van der Waals surface area contributed by atoms with Gasteiger partial charge in [-0.25, -0.2) is 0 Å². The van der Waals surface area contributed by atoms with Crippen molar-refractivity contribution >= 4 is 15.9 Å². The lowest BCUT2D eigenvalue weighted by atomic mass is 10.1. The van der Waals surface area contributed by atoms with Crippen molar-refractivity contribution in [2.24, 2.45) is 0 Å². The summed E-state index contributed by atoms with van der Waals surface area (Å²) in [5, 5.41) is 0. The van der Waals surface area contributed by atoms with Gasteiger partial charge in [0, 0.05) is 4.47 Å². The Kier molecular flexibility index (Phi) is 4.32. The van der Waals surface area contributed by atoms with Crippen molar-refractivity contribution < 1.29 is 22.3 Å². The largest absolute Gasteiger partial charge is 0.461 e. The molecule has 0 aromatic heterocycles. The second-order valence-corrected chi connectivity index (χ2v) is 4.92. The number of halogens is 5. The second kappa shape index (κ2) is 5.83. The Morgan fingerprint density at radius 3 is 2.15 bits per heavy atom. The van der Waals surface area contributed by atoms with Crippen LogP contribution in [-0.2, 0) is 0 Å². The van der Waals surface area contributed by atoms with E-state index in [0.29, 0.717) is 5.56 Å². The molecule has 6 heteroatoms. The van der Waals surface area contributed by atoms with Gasteiger partial charge in [0.2, 0.25) is 0 Å². The molecule has 2 rings (SSSR count). The molecule has 0 aliphatic carbocycles. The van der Waals surface area contributed by atoms with Gasteiger partial charge in [-0.2, -0.15) is 17.6 Å². The van der Waals surface area contributed by atoms with Gasteiger partial charge in [-0.3, -0.25) is 0 Å². The molecule has 0 saturated carbocycles. The maximum absolute atomic E-state index is 12.9. The highest BCUT2D eigenvalue weighted by molar-refractivity contribution is 9.10. The van der Waals surface area contributed by atoms with Crippen LogP contribution in [0, 0.1) is 0 Å². The van der Waals surface area contributed by atoms with Gasteiger partial charge in [0.05, 0.1) is 0 Å². The zero-order chi connectivity index (χ0) is 14.8. The van der Waals surface area contributed by atoms with Crippen LogP contribution in [0.2, 0.25) is 0 Å².